The average Bonchev–Trinajstić information content (AvgIpc) is 3.50. The molecular weight excluding hydrogens is 516 g/mol. The predicted octanol–water partition coefficient (Wildman–Crippen LogP) is 3.99. The van der Waals surface area contributed by atoms with Crippen LogP contribution < -0.4 is 10.2 Å². The van der Waals surface area contributed by atoms with Gasteiger partial charge in [-0.05, 0) is 84.8 Å². The lowest BCUT2D eigenvalue weighted by Gasteiger charge is -2.32. The Morgan fingerprint density at radius 1 is 0.756 bits per heavy atom. The Morgan fingerprint density at radius 3 is 2.37 bits per heavy atom. The van der Waals surface area contributed by atoms with Gasteiger partial charge >= 0.3 is 0 Å². The number of fused-ring (bicyclic) bond motifs is 2. The van der Waals surface area contributed by atoms with Crippen LogP contribution >= 0.6 is 0 Å². The molecule has 4 aliphatic heterocycles. The number of hydrogen-bond donors (Lipinski definition) is 1. The molecule has 4 amide bonds. The van der Waals surface area contributed by atoms with Gasteiger partial charge in [0.05, 0.1) is 6.54 Å². The largest absolute Gasteiger partial charge is 0.322 e. The van der Waals surface area contributed by atoms with E-state index in [2.05, 4.69) is 34.5 Å². The second-order valence-corrected chi connectivity index (χ2v) is 11.6. The van der Waals surface area contributed by atoms with Gasteiger partial charge in [0.25, 0.3) is 11.8 Å². The van der Waals surface area contributed by atoms with Gasteiger partial charge in [-0.1, -0.05) is 42.5 Å². The molecule has 1 N–H and O–H groups in total. The van der Waals surface area contributed by atoms with Gasteiger partial charge in [-0.15, -0.1) is 0 Å². The topological polar surface area (TPSA) is 90.0 Å². The fourth-order valence-electron chi connectivity index (χ4n) is 6.82. The second kappa shape index (κ2) is 10.3. The lowest BCUT2D eigenvalue weighted by Crippen LogP contribution is -2.52. The van der Waals surface area contributed by atoms with Gasteiger partial charge in [0.15, 0.2) is 0 Å². The Labute approximate surface area is 238 Å². The van der Waals surface area contributed by atoms with Gasteiger partial charge in [0.2, 0.25) is 11.8 Å². The highest BCUT2D eigenvalue weighted by atomic mass is 16.2. The minimum absolute atomic E-state index is 0.0647. The molecule has 0 aromatic heterocycles. The highest BCUT2D eigenvalue weighted by Crippen LogP contribution is 2.34. The van der Waals surface area contributed by atoms with Crippen molar-refractivity contribution in [2.75, 3.05) is 18.0 Å². The molecule has 1 atom stereocenters. The third-order valence-electron chi connectivity index (χ3n) is 9.06. The Kier molecular flexibility index (Phi) is 6.43. The first-order valence-electron chi connectivity index (χ1n) is 14.4. The lowest BCUT2D eigenvalue weighted by atomic mass is 9.87. The monoisotopic (exact) mass is 548 g/mol. The van der Waals surface area contributed by atoms with Crippen LogP contribution in [0, 0.1) is 0 Å². The first-order valence-corrected chi connectivity index (χ1v) is 14.4. The van der Waals surface area contributed by atoms with E-state index in [4.69, 9.17) is 0 Å². The maximum absolute atomic E-state index is 13.0. The number of hydrogen-bond acceptors (Lipinski definition) is 5. The van der Waals surface area contributed by atoms with E-state index in [1.54, 1.807) is 4.90 Å². The number of likely N-dealkylation sites (tertiary alicyclic amines) is 1. The molecule has 7 rings (SSSR count). The van der Waals surface area contributed by atoms with E-state index >= 15 is 0 Å². The van der Waals surface area contributed by atoms with Crippen LogP contribution in [0.3, 0.4) is 0 Å². The number of imide groups is 1. The molecule has 2 saturated heterocycles. The van der Waals surface area contributed by atoms with Gasteiger partial charge in [-0.3, -0.25) is 29.4 Å². The van der Waals surface area contributed by atoms with Crippen molar-refractivity contribution in [3.05, 3.63) is 100 Å². The number of carbonyl (C=O) groups excluding carboxylic acids is 4. The third-order valence-corrected chi connectivity index (χ3v) is 9.06. The number of rotatable bonds is 5. The molecule has 3 aromatic rings. The van der Waals surface area contributed by atoms with Crippen molar-refractivity contribution in [2.45, 2.75) is 57.3 Å². The standard InChI is InChI=1S/C33H32N4O4/c38-30-11-10-29(31(39)34-30)37-20-25-17-23(8-9-28(25)33(37)41)22-12-14-35(15-13-22)18-21-4-3-6-26(16-21)36-19-24-5-1-2-7-27(24)32(36)40/h1-9,16-17,22,29H,10-15,18-20H2,(H,34,38,39). The highest BCUT2D eigenvalue weighted by Gasteiger charge is 2.39. The molecule has 8 heteroatoms. The van der Waals surface area contributed by atoms with Crippen molar-refractivity contribution < 1.29 is 19.2 Å². The fraction of sp³-hybridized carbons (Fsp3) is 0.333. The minimum atomic E-state index is -0.586. The van der Waals surface area contributed by atoms with Crippen LogP contribution in [0.4, 0.5) is 5.69 Å². The van der Waals surface area contributed by atoms with E-state index in [1.165, 1.54) is 11.1 Å². The summed E-state index contributed by atoms with van der Waals surface area (Å²) in [5.41, 5.74) is 6.89. The van der Waals surface area contributed by atoms with E-state index < -0.39 is 6.04 Å². The number of nitrogens with one attached hydrogen (secondary N) is 1. The van der Waals surface area contributed by atoms with E-state index in [-0.39, 0.29) is 30.0 Å². The van der Waals surface area contributed by atoms with Crippen LogP contribution in [0.25, 0.3) is 0 Å². The summed E-state index contributed by atoms with van der Waals surface area (Å²) in [6, 6.07) is 21.7. The maximum atomic E-state index is 13.0. The number of anilines is 1. The number of amides is 4. The SMILES string of the molecule is O=C1CCC(N2Cc3cc(C4CCN(Cc5cccc(N6Cc7ccccc7C6=O)c5)CC4)ccc3C2=O)C(=O)N1. The van der Waals surface area contributed by atoms with E-state index in [0.29, 0.717) is 31.0 Å². The fourth-order valence-corrected chi connectivity index (χ4v) is 6.82. The second-order valence-electron chi connectivity index (χ2n) is 11.6. The van der Waals surface area contributed by atoms with Gasteiger partial charge in [-0.25, -0.2) is 0 Å². The van der Waals surface area contributed by atoms with Crippen LogP contribution in [0.1, 0.15) is 74.6 Å². The van der Waals surface area contributed by atoms with Crippen molar-refractivity contribution >= 4 is 29.3 Å². The molecule has 8 nitrogen and oxygen atoms in total. The summed E-state index contributed by atoms with van der Waals surface area (Å²) < 4.78 is 0. The first-order chi connectivity index (χ1) is 19.9. The van der Waals surface area contributed by atoms with Crippen LogP contribution in [-0.2, 0) is 29.2 Å². The Balaban J connectivity index is 0.974. The summed E-state index contributed by atoms with van der Waals surface area (Å²) in [5.74, 6) is -0.294. The summed E-state index contributed by atoms with van der Waals surface area (Å²) >= 11 is 0. The maximum Gasteiger partial charge on any atom is 0.258 e. The minimum Gasteiger partial charge on any atom is -0.322 e. The smallest absolute Gasteiger partial charge is 0.258 e. The molecule has 0 aliphatic carbocycles. The number of benzene rings is 3. The molecule has 0 saturated carbocycles. The molecule has 0 bridgehead atoms. The normalized spacial score (nSPS) is 21.3. The molecule has 0 spiro atoms. The summed E-state index contributed by atoms with van der Waals surface area (Å²) in [5, 5.41) is 2.37. The van der Waals surface area contributed by atoms with E-state index in [1.807, 2.05) is 47.4 Å². The van der Waals surface area contributed by atoms with E-state index in [0.717, 1.165) is 54.9 Å². The molecule has 4 heterocycles. The van der Waals surface area contributed by atoms with Crippen LogP contribution in [0.2, 0.25) is 0 Å². The Bertz CT molecular complexity index is 1570. The summed E-state index contributed by atoms with van der Waals surface area (Å²) in [4.78, 5) is 55.8. The van der Waals surface area contributed by atoms with Crippen LogP contribution in [0.5, 0.6) is 0 Å². The number of carbonyl (C=O) groups is 4. The lowest BCUT2D eigenvalue weighted by molar-refractivity contribution is -0.136. The third kappa shape index (κ3) is 4.72. The van der Waals surface area contributed by atoms with Crippen LogP contribution in [-0.4, -0.2) is 52.6 Å². The van der Waals surface area contributed by atoms with Gasteiger partial charge in [-0.2, -0.15) is 0 Å². The first kappa shape index (κ1) is 25.7. The molecule has 208 valence electrons. The zero-order valence-corrected chi connectivity index (χ0v) is 22.8. The molecule has 3 aromatic carbocycles. The molecule has 4 aliphatic rings. The van der Waals surface area contributed by atoms with Crippen molar-refractivity contribution in [1.82, 2.24) is 15.1 Å². The zero-order valence-electron chi connectivity index (χ0n) is 22.8. The van der Waals surface area contributed by atoms with Crippen molar-refractivity contribution in [3.8, 4) is 0 Å². The van der Waals surface area contributed by atoms with Crippen molar-refractivity contribution in [3.63, 3.8) is 0 Å². The summed E-state index contributed by atoms with van der Waals surface area (Å²) in [6.45, 7) is 3.81. The summed E-state index contributed by atoms with van der Waals surface area (Å²) in [7, 11) is 0. The van der Waals surface area contributed by atoms with Gasteiger partial charge in [0.1, 0.15) is 6.04 Å². The Morgan fingerprint density at radius 2 is 1.56 bits per heavy atom. The van der Waals surface area contributed by atoms with Gasteiger partial charge in [0, 0.05) is 36.3 Å². The zero-order chi connectivity index (χ0) is 28.1. The Hall–Kier alpha value is -4.30. The number of piperidine rings is 2. The quantitative estimate of drug-likeness (QED) is 0.487. The van der Waals surface area contributed by atoms with Crippen LogP contribution in [0.15, 0.2) is 66.7 Å². The van der Waals surface area contributed by atoms with Crippen molar-refractivity contribution in [1.29, 1.82) is 0 Å². The highest BCUT2D eigenvalue weighted by molar-refractivity contribution is 6.10. The van der Waals surface area contributed by atoms with Gasteiger partial charge < -0.3 is 9.80 Å². The molecule has 0 radical (unpaired) electrons. The summed E-state index contributed by atoms with van der Waals surface area (Å²) in [6.07, 6.45) is 2.70. The molecule has 2 fully saturated rings. The predicted molar refractivity (Wildman–Crippen MR) is 153 cm³/mol. The molecular formula is C33H32N4O4. The molecule has 1 unspecified atom stereocenters. The van der Waals surface area contributed by atoms with E-state index in [9.17, 15) is 19.2 Å². The average molecular weight is 549 g/mol. The molecule has 41 heavy (non-hydrogen) atoms. The number of nitrogens with zero attached hydrogens (tertiary/aromatic N) is 3. The van der Waals surface area contributed by atoms with Crippen molar-refractivity contribution in [2.24, 2.45) is 0 Å².